The first-order chi connectivity index (χ1) is 15.0. The van der Waals surface area contributed by atoms with Crippen LogP contribution in [0.15, 0.2) is 80.7 Å². The first kappa shape index (κ1) is 19.5. The lowest BCUT2D eigenvalue weighted by molar-refractivity contribution is -0.114. The molecule has 2 aliphatic rings. The summed E-state index contributed by atoms with van der Waals surface area (Å²) >= 11 is 7.51. The van der Waals surface area contributed by atoms with Crippen molar-refractivity contribution < 1.29 is 9.21 Å². The van der Waals surface area contributed by atoms with E-state index in [9.17, 15) is 4.79 Å². The number of hydrogen-bond donors (Lipinski definition) is 1. The van der Waals surface area contributed by atoms with Crippen LogP contribution in [0.4, 0.5) is 0 Å². The molecular formula is C23H15ClN4O2S. The van der Waals surface area contributed by atoms with Crippen LogP contribution in [0.1, 0.15) is 16.9 Å². The molecule has 3 aromatic rings. The highest BCUT2D eigenvalue weighted by molar-refractivity contribution is 8.27. The van der Waals surface area contributed by atoms with E-state index in [1.807, 2.05) is 49.4 Å². The normalized spacial score (nSPS) is 17.1. The molecule has 2 aromatic carbocycles. The number of benzene rings is 2. The summed E-state index contributed by atoms with van der Waals surface area (Å²) in [5.74, 6) is 0.462. The Morgan fingerprint density at radius 2 is 1.87 bits per heavy atom. The Morgan fingerprint density at radius 1 is 1.10 bits per heavy atom. The lowest BCUT2D eigenvalue weighted by atomic mass is 10.1. The van der Waals surface area contributed by atoms with Gasteiger partial charge in [0.25, 0.3) is 5.91 Å². The van der Waals surface area contributed by atoms with Crippen molar-refractivity contribution in [3.63, 3.8) is 0 Å². The number of nitrogens with one attached hydrogen (secondary N) is 1. The standard InChI is InChI=1S/C23H15ClN4O2S/c1-13-6-8-14(9-7-13)22-27-28-20(25)17(21(29)26-23(28)31-22)12-15-10-11-19(30-15)16-4-2-3-5-18(16)24/h2-12,25H,1H3/b17-12-,25-20?. The van der Waals surface area contributed by atoms with Crippen molar-refractivity contribution in [2.24, 2.45) is 10.1 Å². The van der Waals surface area contributed by atoms with E-state index >= 15 is 0 Å². The molecule has 0 spiro atoms. The van der Waals surface area contributed by atoms with Crippen molar-refractivity contribution in [3.05, 3.63) is 88.1 Å². The number of furan rings is 1. The van der Waals surface area contributed by atoms with E-state index in [2.05, 4.69) is 10.1 Å². The maximum absolute atomic E-state index is 12.6. The van der Waals surface area contributed by atoms with Crippen LogP contribution in [0.5, 0.6) is 0 Å². The van der Waals surface area contributed by atoms with Gasteiger partial charge in [0.1, 0.15) is 16.6 Å². The average Bonchev–Trinajstić information content (AvgIpc) is 3.39. The van der Waals surface area contributed by atoms with Gasteiger partial charge in [-0.15, -0.1) is 0 Å². The number of hydrogen-bond acceptors (Lipinski definition) is 5. The number of nitrogens with zero attached hydrogens (tertiary/aromatic N) is 3. The summed E-state index contributed by atoms with van der Waals surface area (Å²) in [6.45, 7) is 2.01. The molecule has 0 fully saturated rings. The van der Waals surface area contributed by atoms with Gasteiger partial charge in [0.2, 0.25) is 5.17 Å². The zero-order valence-corrected chi connectivity index (χ0v) is 17.9. The molecule has 5 rings (SSSR count). The maximum Gasteiger partial charge on any atom is 0.283 e. The molecule has 6 nitrogen and oxygen atoms in total. The van der Waals surface area contributed by atoms with E-state index in [-0.39, 0.29) is 11.4 Å². The van der Waals surface area contributed by atoms with Crippen molar-refractivity contribution >= 4 is 51.4 Å². The molecule has 1 N–H and O–H groups in total. The Bertz CT molecular complexity index is 1320. The molecule has 3 heterocycles. The van der Waals surface area contributed by atoms with Crippen molar-refractivity contribution in [3.8, 4) is 11.3 Å². The number of fused-ring (bicyclic) bond motifs is 1. The fourth-order valence-corrected chi connectivity index (χ4v) is 4.31. The van der Waals surface area contributed by atoms with Crippen molar-refractivity contribution in [1.29, 1.82) is 5.41 Å². The number of thioether (sulfide) groups is 1. The van der Waals surface area contributed by atoms with Crippen LogP contribution in [0.3, 0.4) is 0 Å². The minimum Gasteiger partial charge on any atom is -0.457 e. The molecule has 1 amide bonds. The highest BCUT2D eigenvalue weighted by Crippen LogP contribution is 2.33. The second kappa shape index (κ2) is 7.68. The predicted molar refractivity (Wildman–Crippen MR) is 124 cm³/mol. The average molecular weight is 447 g/mol. The topological polar surface area (TPSA) is 82.0 Å². The van der Waals surface area contributed by atoms with Crippen molar-refractivity contribution in [2.75, 3.05) is 0 Å². The monoisotopic (exact) mass is 446 g/mol. The van der Waals surface area contributed by atoms with Gasteiger partial charge in [-0.3, -0.25) is 10.2 Å². The number of halogens is 1. The molecule has 31 heavy (non-hydrogen) atoms. The molecule has 0 bridgehead atoms. The number of amidine groups is 2. The number of amides is 1. The molecule has 8 heteroatoms. The molecular weight excluding hydrogens is 432 g/mol. The Labute approximate surface area is 187 Å². The second-order valence-electron chi connectivity index (χ2n) is 6.97. The molecule has 1 aromatic heterocycles. The lowest BCUT2D eigenvalue weighted by Crippen LogP contribution is -2.35. The van der Waals surface area contributed by atoms with E-state index in [4.69, 9.17) is 21.4 Å². The van der Waals surface area contributed by atoms with Gasteiger partial charge in [0.05, 0.1) is 10.6 Å². The first-order valence-electron chi connectivity index (χ1n) is 9.41. The first-order valence-corrected chi connectivity index (χ1v) is 10.6. The molecule has 0 aliphatic carbocycles. The molecule has 0 radical (unpaired) electrons. The third-order valence-corrected chi connectivity index (χ3v) is 6.09. The van der Waals surface area contributed by atoms with Gasteiger partial charge in [-0.25, -0.2) is 0 Å². The second-order valence-corrected chi connectivity index (χ2v) is 8.34. The molecule has 0 unspecified atom stereocenters. The summed E-state index contributed by atoms with van der Waals surface area (Å²) in [6, 6.07) is 18.8. The van der Waals surface area contributed by atoms with Gasteiger partial charge in [-0.2, -0.15) is 15.1 Å². The van der Waals surface area contributed by atoms with Crippen molar-refractivity contribution in [1.82, 2.24) is 5.01 Å². The van der Waals surface area contributed by atoms with Gasteiger partial charge in [-0.1, -0.05) is 53.6 Å². The number of carbonyl (C=O) groups is 1. The number of aliphatic imine (C=N–C) groups is 1. The smallest absolute Gasteiger partial charge is 0.283 e. The molecule has 2 aliphatic heterocycles. The molecule has 0 saturated carbocycles. The van der Waals surface area contributed by atoms with E-state index in [1.165, 1.54) is 22.8 Å². The van der Waals surface area contributed by atoms with Gasteiger partial charge >= 0.3 is 0 Å². The fourth-order valence-electron chi connectivity index (χ4n) is 3.18. The third-order valence-electron chi connectivity index (χ3n) is 4.81. The number of hydrazone groups is 1. The summed E-state index contributed by atoms with van der Waals surface area (Å²) in [5.41, 5.74) is 2.92. The zero-order valence-electron chi connectivity index (χ0n) is 16.3. The summed E-state index contributed by atoms with van der Waals surface area (Å²) in [6.07, 6.45) is 1.51. The Balaban J connectivity index is 1.45. The van der Waals surface area contributed by atoms with Gasteiger partial charge < -0.3 is 4.42 Å². The van der Waals surface area contributed by atoms with E-state index in [1.54, 1.807) is 18.2 Å². The molecule has 152 valence electrons. The highest BCUT2D eigenvalue weighted by atomic mass is 35.5. The summed E-state index contributed by atoms with van der Waals surface area (Å²) in [7, 11) is 0. The van der Waals surface area contributed by atoms with E-state index in [0.717, 1.165) is 16.7 Å². The van der Waals surface area contributed by atoms with Crippen LogP contribution in [0, 0.1) is 12.3 Å². The molecule has 0 saturated heterocycles. The van der Waals surface area contributed by atoms with Crippen LogP contribution in [0.2, 0.25) is 5.02 Å². The van der Waals surface area contributed by atoms with Gasteiger partial charge in [0, 0.05) is 11.1 Å². The zero-order chi connectivity index (χ0) is 21.5. The number of aryl methyl sites for hydroxylation is 1. The predicted octanol–water partition coefficient (Wildman–Crippen LogP) is 5.58. The van der Waals surface area contributed by atoms with E-state index < -0.39 is 5.91 Å². The van der Waals surface area contributed by atoms with E-state index in [0.29, 0.717) is 26.8 Å². The molecule has 0 atom stereocenters. The van der Waals surface area contributed by atoms with Crippen LogP contribution < -0.4 is 0 Å². The number of rotatable bonds is 3. The minimum atomic E-state index is -0.500. The maximum atomic E-state index is 12.6. The number of carbonyl (C=O) groups excluding carboxylic acids is 1. The van der Waals surface area contributed by atoms with Crippen LogP contribution >= 0.6 is 23.4 Å². The summed E-state index contributed by atoms with van der Waals surface area (Å²) in [5, 5.41) is 16.0. The van der Waals surface area contributed by atoms with Crippen molar-refractivity contribution in [2.45, 2.75) is 6.92 Å². The SMILES string of the molecule is Cc1ccc(C2=NN3C(=N)/C(=C/c4ccc(-c5ccccc5Cl)o4)C(=O)N=C3S2)cc1. The van der Waals surface area contributed by atoms with Crippen LogP contribution in [-0.4, -0.2) is 27.0 Å². The fraction of sp³-hybridized carbons (Fsp3) is 0.0435. The van der Waals surface area contributed by atoms with Crippen LogP contribution in [0.25, 0.3) is 17.4 Å². The van der Waals surface area contributed by atoms with Gasteiger partial charge in [-0.05, 0) is 49.0 Å². The lowest BCUT2D eigenvalue weighted by Gasteiger charge is -2.19. The van der Waals surface area contributed by atoms with Gasteiger partial charge in [0.15, 0.2) is 5.84 Å². The third kappa shape index (κ3) is 3.62. The quantitative estimate of drug-likeness (QED) is 0.533. The Kier molecular flexibility index (Phi) is 4.84. The minimum absolute atomic E-state index is 0.0414. The Hall–Kier alpha value is -3.42. The Morgan fingerprint density at radius 3 is 2.65 bits per heavy atom. The highest BCUT2D eigenvalue weighted by Gasteiger charge is 2.36. The largest absolute Gasteiger partial charge is 0.457 e. The van der Waals surface area contributed by atoms with Crippen LogP contribution in [-0.2, 0) is 4.79 Å². The summed E-state index contributed by atoms with van der Waals surface area (Å²) in [4.78, 5) is 16.7. The summed E-state index contributed by atoms with van der Waals surface area (Å²) < 4.78 is 5.85.